The Morgan fingerprint density at radius 1 is 0.895 bits per heavy atom. The van der Waals surface area contributed by atoms with Gasteiger partial charge in [0.1, 0.15) is 12.4 Å². The van der Waals surface area contributed by atoms with Gasteiger partial charge in [-0.15, -0.1) is 0 Å². The standard InChI is InChI=1S/C17H19BrO/c1-13(2)16-7-9-17(10-8-16)19-12-15-5-3-14(11-18)4-6-15/h3-10,13H,11-12H2,1-2H3. The maximum atomic E-state index is 5.79. The van der Waals surface area contributed by atoms with Crippen molar-refractivity contribution in [3.63, 3.8) is 0 Å². The number of rotatable bonds is 5. The number of hydrogen-bond donors (Lipinski definition) is 0. The van der Waals surface area contributed by atoms with Crippen LogP contribution >= 0.6 is 15.9 Å². The monoisotopic (exact) mass is 318 g/mol. The first-order valence-corrected chi connectivity index (χ1v) is 7.67. The molecule has 0 N–H and O–H groups in total. The summed E-state index contributed by atoms with van der Waals surface area (Å²) in [6.07, 6.45) is 0. The zero-order valence-corrected chi connectivity index (χ0v) is 13.0. The lowest BCUT2D eigenvalue weighted by atomic mass is 10.0. The van der Waals surface area contributed by atoms with E-state index in [1.165, 1.54) is 16.7 Å². The second kappa shape index (κ2) is 6.76. The molecule has 0 aliphatic heterocycles. The van der Waals surface area contributed by atoms with Crippen molar-refractivity contribution in [3.05, 3.63) is 65.2 Å². The lowest BCUT2D eigenvalue weighted by Gasteiger charge is -2.09. The van der Waals surface area contributed by atoms with Gasteiger partial charge in [0.2, 0.25) is 0 Å². The second-order valence-corrected chi connectivity index (χ2v) is 5.52. The van der Waals surface area contributed by atoms with Crippen LogP contribution in [0.25, 0.3) is 0 Å². The molecule has 2 aromatic rings. The van der Waals surface area contributed by atoms with Gasteiger partial charge in [-0.05, 0) is 34.7 Å². The smallest absolute Gasteiger partial charge is 0.119 e. The molecule has 0 radical (unpaired) electrons. The highest BCUT2D eigenvalue weighted by Crippen LogP contribution is 2.19. The van der Waals surface area contributed by atoms with Crippen LogP contribution in [0.1, 0.15) is 36.5 Å². The second-order valence-electron chi connectivity index (χ2n) is 4.96. The van der Waals surface area contributed by atoms with Crippen molar-refractivity contribution in [1.82, 2.24) is 0 Å². The van der Waals surface area contributed by atoms with E-state index >= 15 is 0 Å². The first-order valence-electron chi connectivity index (χ1n) is 6.55. The summed E-state index contributed by atoms with van der Waals surface area (Å²) in [5, 5.41) is 0.894. The Kier molecular flexibility index (Phi) is 5.03. The largest absolute Gasteiger partial charge is 0.489 e. The van der Waals surface area contributed by atoms with Crippen LogP contribution in [0.2, 0.25) is 0 Å². The molecule has 0 aliphatic rings. The Morgan fingerprint density at radius 3 is 2.00 bits per heavy atom. The SMILES string of the molecule is CC(C)c1ccc(OCc2ccc(CBr)cc2)cc1. The highest BCUT2D eigenvalue weighted by atomic mass is 79.9. The molecule has 0 fully saturated rings. The van der Waals surface area contributed by atoms with Gasteiger partial charge in [0.15, 0.2) is 0 Å². The molecular formula is C17H19BrO. The van der Waals surface area contributed by atoms with Crippen LogP contribution < -0.4 is 4.74 Å². The first kappa shape index (κ1) is 14.1. The maximum absolute atomic E-state index is 5.79. The minimum absolute atomic E-state index is 0.561. The molecule has 0 bridgehead atoms. The predicted octanol–water partition coefficient (Wildman–Crippen LogP) is 5.28. The quantitative estimate of drug-likeness (QED) is 0.681. The van der Waals surface area contributed by atoms with Gasteiger partial charge in [-0.3, -0.25) is 0 Å². The molecule has 2 rings (SSSR count). The summed E-state index contributed by atoms with van der Waals surface area (Å²) in [5.41, 5.74) is 3.82. The third kappa shape index (κ3) is 4.10. The Bertz CT molecular complexity index is 500. The summed E-state index contributed by atoms with van der Waals surface area (Å²) in [6.45, 7) is 5.01. The summed E-state index contributed by atoms with van der Waals surface area (Å²) >= 11 is 3.44. The molecule has 0 aliphatic carbocycles. The lowest BCUT2D eigenvalue weighted by Crippen LogP contribution is -1.96. The topological polar surface area (TPSA) is 9.23 Å². The van der Waals surface area contributed by atoms with Gasteiger partial charge >= 0.3 is 0 Å². The van der Waals surface area contributed by atoms with E-state index in [1.807, 2.05) is 12.1 Å². The van der Waals surface area contributed by atoms with E-state index in [0.717, 1.165) is 11.1 Å². The van der Waals surface area contributed by atoms with Crippen molar-refractivity contribution in [2.75, 3.05) is 0 Å². The molecule has 19 heavy (non-hydrogen) atoms. The van der Waals surface area contributed by atoms with E-state index in [4.69, 9.17) is 4.74 Å². The van der Waals surface area contributed by atoms with Gasteiger partial charge in [0, 0.05) is 5.33 Å². The fourth-order valence-electron chi connectivity index (χ4n) is 1.84. The van der Waals surface area contributed by atoms with Crippen LogP contribution in [0.15, 0.2) is 48.5 Å². The molecule has 0 saturated heterocycles. The number of halogens is 1. The van der Waals surface area contributed by atoms with Gasteiger partial charge in [-0.25, -0.2) is 0 Å². The molecule has 2 aromatic carbocycles. The molecule has 1 nitrogen and oxygen atoms in total. The number of ether oxygens (including phenoxy) is 1. The molecule has 2 heteroatoms. The maximum Gasteiger partial charge on any atom is 0.119 e. The Hall–Kier alpha value is -1.28. The zero-order valence-electron chi connectivity index (χ0n) is 11.4. The Morgan fingerprint density at radius 2 is 1.47 bits per heavy atom. The van der Waals surface area contributed by atoms with Crippen LogP contribution in [-0.2, 0) is 11.9 Å². The molecule has 0 unspecified atom stereocenters. The van der Waals surface area contributed by atoms with E-state index in [2.05, 4.69) is 66.2 Å². The number of benzene rings is 2. The molecule has 0 spiro atoms. The third-order valence-corrected chi connectivity index (χ3v) is 3.78. The fourth-order valence-corrected chi connectivity index (χ4v) is 2.21. The van der Waals surface area contributed by atoms with Gasteiger partial charge in [-0.1, -0.05) is 66.2 Å². The highest BCUT2D eigenvalue weighted by molar-refractivity contribution is 9.08. The Labute approximate surface area is 123 Å². The van der Waals surface area contributed by atoms with Crippen LogP contribution in [0.3, 0.4) is 0 Å². The average molecular weight is 319 g/mol. The first-order chi connectivity index (χ1) is 9.19. The number of alkyl halides is 1. The van der Waals surface area contributed by atoms with Crippen molar-refractivity contribution in [2.45, 2.75) is 31.7 Å². The third-order valence-electron chi connectivity index (χ3n) is 3.13. The summed E-state index contributed by atoms with van der Waals surface area (Å²) < 4.78 is 5.79. The van der Waals surface area contributed by atoms with E-state index in [9.17, 15) is 0 Å². The van der Waals surface area contributed by atoms with E-state index in [1.54, 1.807) is 0 Å². The van der Waals surface area contributed by atoms with Crippen LogP contribution in [-0.4, -0.2) is 0 Å². The molecule has 100 valence electrons. The minimum Gasteiger partial charge on any atom is -0.489 e. The lowest BCUT2D eigenvalue weighted by molar-refractivity contribution is 0.306. The average Bonchev–Trinajstić information content (AvgIpc) is 2.46. The van der Waals surface area contributed by atoms with Gasteiger partial charge < -0.3 is 4.74 Å². The predicted molar refractivity (Wildman–Crippen MR) is 83.9 cm³/mol. The normalized spacial score (nSPS) is 10.7. The van der Waals surface area contributed by atoms with Crippen molar-refractivity contribution >= 4 is 15.9 Å². The van der Waals surface area contributed by atoms with Crippen molar-refractivity contribution in [2.24, 2.45) is 0 Å². The fraction of sp³-hybridized carbons (Fsp3) is 0.294. The summed E-state index contributed by atoms with van der Waals surface area (Å²) in [7, 11) is 0. The summed E-state index contributed by atoms with van der Waals surface area (Å²) in [4.78, 5) is 0. The molecule has 0 heterocycles. The molecule has 0 aromatic heterocycles. The van der Waals surface area contributed by atoms with Crippen molar-refractivity contribution in [1.29, 1.82) is 0 Å². The van der Waals surface area contributed by atoms with Crippen LogP contribution in [0.4, 0.5) is 0 Å². The molecule has 0 saturated carbocycles. The number of hydrogen-bond acceptors (Lipinski definition) is 1. The van der Waals surface area contributed by atoms with Crippen molar-refractivity contribution < 1.29 is 4.74 Å². The van der Waals surface area contributed by atoms with Crippen molar-refractivity contribution in [3.8, 4) is 5.75 Å². The summed E-state index contributed by atoms with van der Waals surface area (Å²) in [6, 6.07) is 16.8. The van der Waals surface area contributed by atoms with Crippen LogP contribution in [0, 0.1) is 0 Å². The van der Waals surface area contributed by atoms with E-state index in [0.29, 0.717) is 12.5 Å². The van der Waals surface area contributed by atoms with Gasteiger partial charge in [0.25, 0.3) is 0 Å². The summed E-state index contributed by atoms with van der Waals surface area (Å²) in [5.74, 6) is 1.49. The minimum atomic E-state index is 0.561. The Balaban J connectivity index is 1.94. The zero-order chi connectivity index (χ0) is 13.7. The molecular weight excluding hydrogens is 300 g/mol. The van der Waals surface area contributed by atoms with E-state index in [-0.39, 0.29) is 0 Å². The molecule has 0 amide bonds. The van der Waals surface area contributed by atoms with E-state index < -0.39 is 0 Å². The van der Waals surface area contributed by atoms with Gasteiger partial charge in [-0.2, -0.15) is 0 Å². The van der Waals surface area contributed by atoms with Gasteiger partial charge in [0.05, 0.1) is 0 Å². The van der Waals surface area contributed by atoms with Crippen LogP contribution in [0.5, 0.6) is 5.75 Å². The highest BCUT2D eigenvalue weighted by Gasteiger charge is 2.00. The molecule has 0 atom stereocenters.